The molecule has 1 atom stereocenters. The summed E-state index contributed by atoms with van der Waals surface area (Å²) in [5.74, 6) is -0.0178. The Labute approximate surface area is 183 Å². The largest absolute Gasteiger partial charge is 0.441 e. The van der Waals surface area contributed by atoms with Gasteiger partial charge in [0.15, 0.2) is 9.84 Å². The maximum Gasteiger partial charge on any atom is 0.226 e. The summed E-state index contributed by atoms with van der Waals surface area (Å²) in [5, 5.41) is 0. The molecule has 1 aromatic heterocycles. The lowest BCUT2D eigenvalue weighted by Gasteiger charge is -2.24. The molecule has 0 spiro atoms. The van der Waals surface area contributed by atoms with Crippen LogP contribution in [0.1, 0.15) is 53.3 Å². The Hall–Kier alpha value is -2.73. The van der Waals surface area contributed by atoms with Crippen LogP contribution in [-0.2, 0) is 26.8 Å². The number of carbonyl (C=O) groups is 1. The van der Waals surface area contributed by atoms with E-state index in [1.165, 1.54) is 11.1 Å². The fourth-order valence-electron chi connectivity index (χ4n) is 4.29. The first-order valence-corrected chi connectivity index (χ1v) is 12.5. The highest BCUT2D eigenvalue weighted by atomic mass is 32.2. The van der Waals surface area contributed by atoms with Gasteiger partial charge in [-0.3, -0.25) is 4.79 Å². The standard InChI is InChI=1S/C25H27NO4S/c1-17-10-12-20(13-11-17)25-26-24(18(2)30-25)16-31(28,29)15-22(27)14-21-8-5-7-19-6-3-4-9-23(19)21/h3-4,6,9-13,21H,5,7-8,14-16H2,1-2H3. The Morgan fingerprint density at radius 3 is 2.61 bits per heavy atom. The molecule has 1 unspecified atom stereocenters. The molecule has 0 saturated carbocycles. The van der Waals surface area contributed by atoms with Crippen molar-refractivity contribution in [2.24, 2.45) is 0 Å². The first kappa shape index (κ1) is 21.5. The normalized spacial score (nSPS) is 16.1. The molecule has 3 aromatic rings. The predicted octanol–water partition coefficient (Wildman–Crippen LogP) is 4.95. The van der Waals surface area contributed by atoms with Crippen LogP contribution in [0.2, 0.25) is 0 Å². The van der Waals surface area contributed by atoms with Gasteiger partial charge in [0.1, 0.15) is 17.3 Å². The van der Waals surface area contributed by atoms with Gasteiger partial charge in [-0.05, 0) is 62.3 Å². The first-order valence-electron chi connectivity index (χ1n) is 10.6. The van der Waals surface area contributed by atoms with Gasteiger partial charge in [-0.25, -0.2) is 13.4 Å². The molecular formula is C25H27NO4S. The Morgan fingerprint density at radius 1 is 1.10 bits per heavy atom. The maximum atomic E-state index is 12.7. The second-order valence-electron chi connectivity index (χ2n) is 8.45. The third kappa shape index (κ3) is 5.13. The number of nitrogens with zero attached hydrogens (tertiary/aromatic N) is 1. The zero-order chi connectivity index (χ0) is 22.0. The molecule has 6 heteroatoms. The maximum absolute atomic E-state index is 12.7. The fourth-order valence-corrected chi connectivity index (χ4v) is 5.68. The van der Waals surface area contributed by atoms with Crippen molar-refractivity contribution in [3.05, 3.63) is 76.7 Å². The zero-order valence-corrected chi connectivity index (χ0v) is 18.7. The fraction of sp³-hybridized carbons (Fsp3) is 0.360. The van der Waals surface area contributed by atoms with Crippen molar-refractivity contribution in [2.45, 2.75) is 51.2 Å². The summed E-state index contributed by atoms with van der Waals surface area (Å²) in [6, 6.07) is 15.8. The first-order chi connectivity index (χ1) is 14.8. The van der Waals surface area contributed by atoms with Crippen molar-refractivity contribution < 1.29 is 17.6 Å². The topological polar surface area (TPSA) is 77.2 Å². The number of rotatable bonds is 7. The quantitative estimate of drug-likeness (QED) is 0.522. The lowest BCUT2D eigenvalue weighted by Crippen LogP contribution is -2.21. The van der Waals surface area contributed by atoms with E-state index in [0.29, 0.717) is 17.3 Å². The molecule has 5 nitrogen and oxygen atoms in total. The molecule has 0 aliphatic heterocycles. The second-order valence-corrected chi connectivity index (χ2v) is 10.5. The Balaban J connectivity index is 1.43. The van der Waals surface area contributed by atoms with Crippen molar-refractivity contribution in [1.82, 2.24) is 4.98 Å². The van der Waals surface area contributed by atoms with Gasteiger partial charge >= 0.3 is 0 Å². The average molecular weight is 438 g/mol. The van der Waals surface area contributed by atoms with E-state index in [-0.39, 0.29) is 23.9 Å². The van der Waals surface area contributed by atoms with Crippen molar-refractivity contribution in [3.63, 3.8) is 0 Å². The number of fused-ring (bicyclic) bond motifs is 1. The highest BCUT2D eigenvalue weighted by Crippen LogP contribution is 2.34. The summed E-state index contributed by atoms with van der Waals surface area (Å²) in [4.78, 5) is 17.0. The third-order valence-electron chi connectivity index (χ3n) is 5.90. The Kier molecular flexibility index (Phi) is 6.10. The molecule has 1 heterocycles. The summed E-state index contributed by atoms with van der Waals surface area (Å²) in [5.41, 5.74) is 4.75. The molecule has 0 saturated heterocycles. The summed E-state index contributed by atoms with van der Waals surface area (Å²) in [6.45, 7) is 3.70. The smallest absolute Gasteiger partial charge is 0.226 e. The van der Waals surface area contributed by atoms with Crippen LogP contribution in [0, 0.1) is 13.8 Å². The van der Waals surface area contributed by atoms with Gasteiger partial charge < -0.3 is 4.42 Å². The number of sulfone groups is 1. The van der Waals surface area contributed by atoms with Crippen LogP contribution in [-0.4, -0.2) is 24.9 Å². The molecule has 4 rings (SSSR count). The van der Waals surface area contributed by atoms with Crippen LogP contribution in [0.4, 0.5) is 0 Å². The van der Waals surface area contributed by atoms with E-state index in [0.717, 1.165) is 30.4 Å². The second kappa shape index (κ2) is 8.79. The van der Waals surface area contributed by atoms with Crippen LogP contribution < -0.4 is 0 Å². The molecule has 0 bridgehead atoms. The monoisotopic (exact) mass is 437 g/mol. The highest BCUT2D eigenvalue weighted by Gasteiger charge is 2.26. The summed E-state index contributed by atoms with van der Waals surface area (Å²) in [7, 11) is -3.63. The van der Waals surface area contributed by atoms with Gasteiger partial charge in [0.25, 0.3) is 0 Å². The third-order valence-corrected chi connectivity index (χ3v) is 7.37. The summed E-state index contributed by atoms with van der Waals surface area (Å²) in [6.07, 6.45) is 3.24. The van der Waals surface area contributed by atoms with Gasteiger partial charge in [0.05, 0.1) is 11.4 Å². The number of oxazole rings is 1. The molecule has 0 N–H and O–H groups in total. The Bertz CT molecular complexity index is 1190. The van der Waals surface area contributed by atoms with Crippen LogP contribution in [0.25, 0.3) is 11.5 Å². The number of ketones is 1. The lowest BCUT2D eigenvalue weighted by molar-refractivity contribution is -0.117. The number of Topliss-reactive ketones (excluding diaryl/α,β-unsaturated/α-hetero) is 1. The molecule has 162 valence electrons. The van der Waals surface area contributed by atoms with Gasteiger partial charge in [0, 0.05) is 12.0 Å². The van der Waals surface area contributed by atoms with E-state index >= 15 is 0 Å². The highest BCUT2D eigenvalue weighted by molar-refractivity contribution is 7.91. The molecule has 0 radical (unpaired) electrons. The number of aromatic nitrogens is 1. The molecule has 1 aliphatic rings. The van der Waals surface area contributed by atoms with Crippen LogP contribution >= 0.6 is 0 Å². The number of benzene rings is 2. The molecule has 0 fully saturated rings. The van der Waals surface area contributed by atoms with Gasteiger partial charge in [-0.15, -0.1) is 0 Å². The molecule has 2 aromatic carbocycles. The van der Waals surface area contributed by atoms with Crippen molar-refractivity contribution in [1.29, 1.82) is 0 Å². The minimum atomic E-state index is -3.63. The minimum absolute atomic E-state index is 0.106. The Morgan fingerprint density at radius 2 is 1.84 bits per heavy atom. The summed E-state index contributed by atoms with van der Waals surface area (Å²) < 4.78 is 31.2. The molecule has 1 aliphatic carbocycles. The van der Waals surface area contributed by atoms with Gasteiger partial charge in [0.2, 0.25) is 5.89 Å². The molecule has 0 amide bonds. The van der Waals surface area contributed by atoms with E-state index in [1.54, 1.807) is 6.92 Å². The zero-order valence-electron chi connectivity index (χ0n) is 17.9. The van der Waals surface area contributed by atoms with Crippen molar-refractivity contribution in [3.8, 4) is 11.5 Å². The molecule has 31 heavy (non-hydrogen) atoms. The van der Waals surface area contributed by atoms with E-state index in [2.05, 4.69) is 17.1 Å². The average Bonchev–Trinajstić information content (AvgIpc) is 3.08. The lowest BCUT2D eigenvalue weighted by atomic mass is 9.80. The number of carbonyl (C=O) groups excluding carboxylic acids is 1. The van der Waals surface area contributed by atoms with E-state index in [1.807, 2.05) is 43.3 Å². The van der Waals surface area contributed by atoms with Crippen molar-refractivity contribution >= 4 is 15.6 Å². The van der Waals surface area contributed by atoms with Crippen LogP contribution in [0.3, 0.4) is 0 Å². The van der Waals surface area contributed by atoms with E-state index in [4.69, 9.17) is 4.42 Å². The summed E-state index contributed by atoms with van der Waals surface area (Å²) >= 11 is 0. The minimum Gasteiger partial charge on any atom is -0.441 e. The number of hydrogen-bond donors (Lipinski definition) is 0. The van der Waals surface area contributed by atoms with Crippen LogP contribution in [0.5, 0.6) is 0 Å². The van der Waals surface area contributed by atoms with Crippen molar-refractivity contribution in [2.75, 3.05) is 5.75 Å². The van der Waals surface area contributed by atoms with E-state index in [9.17, 15) is 13.2 Å². The SMILES string of the molecule is Cc1ccc(-c2nc(CS(=O)(=O)CC(=O)CC3CCCc4ccccc43)c(C)o2)cc1. The molecular weight excluding hydrogens is 410 g/mol. The number of hydrogen-bond acceptors (Lipinski definition) is 5. The van der Waals surface area contributed by atoms with Crippen LogP contribution in [0.15, 0.2) is 52.9 Å². The van der Waals surface area contributed by atoms with Gasteiger partial charge in [-0.1, -0.05) is 42.0 Å². The number of aryl methyl sites for hydroxylation is 3. The predicted molar refractivity (Wildman–Crippen MR) is 121 cm³/mol. The van der Waals surface area contributed by atoms with E-state index < -0.39 is 15.6 Å². The van der Waals surface area contributed by atoms with Gasteiger partial charge in [-0.2, -0.15) is 0 Å².